The molecule has 1 aromatic rings. The van der Waals surface area contributed by atoms with E-state index in [1.54, 1.807) is 13.8 Å². The molecule has 0 aliphatic carbocycles. The molecule has 3 nitrogen and oxygen atoms in total. The second-order valence-corrected chi connectivity index (χ2v) is 3.20. The van der Waals surface area contributed by atoms with Crippen molar-refractivity contribution in [2.24, 2.45) is 0 Å². The number of aryl methyl sites for hydroxylation is 2. The lowest BCUT2D eigenvalue weighted by Crippen LogP contribution is -1.88. The molecule has 0 aliphatic rings. The van der Waals surface area contributed by atoms with E-state index in [0.717, 1.165) is 0 Å². The summed E-state index contributed by atoms with van der Waals surface area (Å²) >= 11 is 3.14. The average Bonchev–Trinajstić information content (AvgIpc) is 2.01. The summed E-state index contributed by atoms with van der Waals surface area (Å²) in [7, 11) is 0. The van der Waals surface area contributed by atoms with E-state index in [0.29, 0.717) is 21.5 Å². The van der Waals surface area contributed by atoms with Crippen molar-refractivity contribution >= 4 is 21.6 Å². The first-order chi connectivity index (χ1) is 5.57. The van der Waals surface area contributed by atoms with Gasteiger partial charge in [-0.2, -0.15) is 0 Å². The molecule has 0 saturated heterocycles. The highest BCUT2D eigenvalue weighted by atomic mass is 79.9. The molecular formula is C8H7BrN2O. The standard InChI is InChI=1S/C8H7BrN2O/c1-4-7(10-3)6(9)8(12)5(2)11-4/h12H,1-2H3. The van der Waals surface area contributed by atoms with Gasteiger partial charge in [0.1, 0.15) is 5.75 Å². The molecule has 0 fully saturated rings. The van der Waals surface area contributed by atoms with E-state index in [-0.39, 0.29) is 5.75 Å². The molecule has 0 unspecified atom stereocenters. The van der Waals surface area contributed by atoms with Crippen molar-refractivity contribution in [1.29, 1.82) is 0 Å². The van der Waals surface area contributed by atoms with E-state index in [1.807, 2.05) is 0 Å². The van der Waals surface area contributed by atoms with Crippen molar-refractivity contribution in [3.05, 3.63) is 27.3 Å². The molecular weight excluding hydrogens is 220 g/mol. The molecule has 4 heteroatoms. The minimum atomic E-state index is 0.0478. The summed E-state index contributed by atoms with van der Waals surface area (Å²) in [5, 5.41) is 9.39. The topological polar surface area (TPSA) is 37.5 Å². The highest BCUT2D eigenvalue weighted by molar-refractivity contribution is 9.10. The number of aromatic hydroxyl groups is 1. The quantitative estimate of drug-likeness (QED) is 0.692. The first-order valence-corrected chi connectivity index (χ1v) is 4.10. The summed E-state index contributed by atoms with van der Waals surface area (Å²) in [4.78, 5) is 7.26. The number of hydrogen-bond acceptors (Lipinski definition) is 2. The molecule has 0 atom stereocenters. The van der Waals surface area contributed by atoms with Crippen LogP contribution in [0, 0.1) is 20.4 Å². The van der Waals surface area contributed by atoms with Crippen LogP contribution < -0.4 is 0 Å². The highest BCUT2D eigenvalue weighted by Gasteiger charge is 2.12. The zero-order valence-electron chi connectivity index (χ0n) is 6.72. The van der Waals surface area contributed by atoms with Crippen LogP contribution in [0.5, 0.6) is 5.75 Å². The minimum absolute atomic E-state index is 0.0478. The third-order valence-corrected chi connectivity index (χ3v) is 2.30. The van der Waals surface area contributed by atoms with Gasteiger partial charge in [-0.3, -0.25) is 4.98 Å². The van der Waals surface area contributed by atoms with Crippen molar-refractivity contribution in [3.8, 4) is 5.75 Å². The van der Waals surface area contributed by atoms with Gasteiger partial charge in [0, 0.05) is 5.69 Å². The molecule has 1 rings (SSSR count). The van der Waals surface area contributed by atoms with Crippen molar-refractivity contribution in [3.63, 3.8) is 0 Å². The SMILES string of the molecule is [C-]#[N+]c1c(C)nc(C)c(O)c1Br. The lowest BCUT2D eigenvalue weighted by Gasteiger charge is -2.04. The third kappa shape index (κ3) is 1.28. The summed E-state index contributed by atoms with van der Waals surface area (Å²) in [6.45, 7) is 10.3. The number of rotatable bonds is 0. The van der Waals surface area contributed by atoms with Gasteiger partial charge in [-0.05, 0) is 13.8 Å². The molecule has 1 N–H and O–H groups in total. The van der Waals surface area contributed by atoms with Gasteiger partial charge in [0.15, 0.2) is 0 Å². The van der Waals surface area contributed by atoms with Crippen LogP contribution in [0.1, 0.15) is 11.4 Å². The Morgan fingerprint density at radius 1 is 1.42 bits per heavy atom. The van der Waals surface area contributed by atoms with Crippen molar-refractivity contribution in [2.45, 2.75) is 13.8 Å². The van der Waals surface area contributed by atoms with E-state index < -0.39 is 0 Å². The molecule has 0 aliphatic heterocycles. The van der Waals surface area contributed by atoms with Crippen molar-refractivity contribution in [2.75, 3.05) is 0 Å². The predicted octanol–water partition coefficient (Wildman–Crippen LogP) is 2.72. The number of hydrogen-bond donors (Lipinski definition) is 1. The fourth-order valence-electron chi connectivity index (χ4n) is 0.917. The summed E-state index contributed by atoms with van der Waals surface area (Å²) < 4.78 is 0.433. The predicted molar refractivity (Wildman–Crippen MR) is 49.3 cm³/mol. The number of aromatic nitrogens is 1. The van der Waals surface area contributed by atoms with Crippen LogP contribution in [0.3, 0.4) is 0 Å². The summed E-state index contributed by atoms with van der Waals surface area (Å²) in [5.41, 5.74) is 1.54. The smallest absolute Gasteiger partial charge is 0.225 e. The molecule has 1 aromatic heterocycles. The van der Waals surface area contributed by atoms with E-state index in [2.05, 4.69) is 25.8 Å². The van der Waals surface area contributed by atoms with Crippen LogP contribution in [-0.4, -0.2) is 10.1 Å². The Hall–Kier alpha value is -1.08. The van der Waals surface area contributed by atoms with Crippen molar-refractivity contribution in [1.82, 2.24) is 4.98 Å². The Bertz CT molecular complexity index is 368. The Labute approximate surface area is 79.0 Å². The molecule has 0 bridgehead atoms. The van der Waals surface area contributed by atoms with Crippen molar-refractivity contribution < 1.29 is 5.11 Å². The maximum Gasteiger partial charge on any atom is 0.225 e. The summed E-state index contributed by atoms with van der Waals surface area (Å²) in [6.07, 6.45) is 0. The minimum Gasteiger partial charge on any atom is -0.506 e. The van der Waals surface area contributed by atoms with Gasteiger partial charge in [-0.25, -0.2) is 4.85 Å². The largest absolute Gasteiger partial charge is 0.506 e. The van der Waals surface area contributed by atoms with Crippen LogP contribution in [0.2, 0.25) is 0 Å². The van der Waals surface area contributed by atoms with Gasteiger partial charge < -0.3 is 5.11 Å². The van der Waals surface area contributed by atoms with Gasteiger partial charge >= 0.3 is 0 Å². The molecule has 0 radical (unpaired) electrons. The van der Waals surface area contributed by atoms with Crippen LogP contribution in [-0.2, 0) is 0 Å². The van der Waals surface area contributed by atoms with E-state index >= 15 is 0 Å². The monoisotopic (exact) mass is 226 g/mol. The molecule has 0 aromatic carbocycles. The Morgan fingerprint density at radius 2 is 2.00 bits per heavy atom. The van der Waals surface area contributed by atoms with Crippen LogP contribution in [0.4, 0.5) is 5.69 Å². The van der Waals surface area contributed by atoms with Crippen LogP contribution in [0.15, 0.2) is 4.47 Å². The molecule has 0 amide bonds. The zero-order valence-corrected chi connectivity index (χ0v) is 8.31. The number of pyridine rings is 1. The zero-order chi connectivity index (χ0) is 9.30. The van der Waals surface area contributed by atoms with Crippen LogP contribution in [0.25, 0.3) is 4.85 Å². The maximum absolute atomic E-state index is 9.39. The highest BCUT2D eigenvalue weighted by Crippen LogP contribution is 2.37. The molecule has 0 spiro atoms. The first-order valence-electron chi connectivity index (χ1n) is 3.31. The molecule has 0 saturated carbocycles. The number of nitrogens with zero attached hydrogens (tertiary/aromatic N) is 2. The van der Waals surface area contributed by atoms with E-state index in [9.17, 15) is 5.11 Å². The maximum atomic E-state index is 9.39. The van der Waals surface area contributed by atoms with Gasteiger partial charge in [0.2, 0.25) is 5.69 Å². The third-order valence-electron chi connectivity index (χ3n) is 1.55. The van der Waals surface area contributed by atoms with E-state index in [1.165, 1.54) is 0 Å². The fraction of sp³-hybridized carbons (Fsp3) is 0.250. The van der Waals surface area contributed by atoms with Gasteiger partial charge in [0.05, 0.1) is 16.7 Å². The van der Waals surface area contributed by atoms with Gasteiger partial charge in [-0.15, -0.1) is 0 Å². The normalized spacial score (nSPS) is 9.50. The lowest BCUT2D eigenvalue weighted by atomic mass is 10.2. The molecule has 1 heterocycles. The number of halogens is 1. The van der Waals surface area contributed by atoms with Gasteiger partial charge in [-0.1, -0.05) is 15.9 Å². The first kappa shape index (κ1) is 9.01. The molecule has 12 heavy (non-hydrogen) atoms. The Kier molecular flexibility index (Phi) is 2.34. The second kappa shape index (κ2) is 3.11. The molecule has 62 valence electrons. The Balaban J connectivity index is 3.54. The van der Waals surface area contributed by atoms with E-state index in [4.69, 9.17) is 6.57 Å². The summed E-state index contributed by atoms with van der Waals surface area (Å²) in [5.74, 6) is 0.0478. The Morgan fingerprint density at radius 3 is 2.50 bits per heavy atom. The lowest BCUT2D eigenvalue weighted by molar-refractivity contribution is 0.464. The summed E-state index contributed by atoms with van der Waals surface area (Å²) in [6, 6.07) is 0. The average molecular weight is 227 g/mol. The fourth-order valence-corrected chi connectivity index (χ4v) is 1.58. The van der Waals surface area contributed by atoms with Gasteiger partial charge in [0.25, 0.3) is 0 Å². The van der Waals surface area contributed by atoms with Crippen LogP contribution >= 0.6 is 15.9 Å². The second-order valence-electron chi connectivity index (χ2n) is 2.41.